The fourth-order valence-corrected chi connectivity index (χ4v) is 4.10. The minimum atomic E-state index is 0. The monoisotopic (exact) mass is 497 g/mol. The van der Waals surface area contributed by atoms with Gasteiger partial charge in [-0.05, 0) is 58.8 Å². The molecule has 9 heteroatoms. The van der Waals surface area contributed by atoms with Crippen molar-refractivity contribution < 1.29 is 9.47 Å². The second-order valence-corrected chi connectivity index (χ2v) is 8.41. The largest absolute Gasteiger partial charge is 0.493 e. The van der Waals surface area contributed by atoms with Crippen molar-refractivity contribution in [3.8, 4) is 17.2 Å². The van der Waals surface area contributed by atoms with Gasteiger partial charge in [-0.3, -0.25) is 0 Å². The molecule has 34 heavy (non-hydrogen) atoms. The van der Waals surface area contributed by atoms with E-state index in [4.69, 9.17) is 9.47 Å². The molecule has 1 heterocycles. The zero-order valence-electron chi connectivity index (χ0n) is 19.0. The van der Waals surface area contributed by atoms with Crippen LogP contribution in [-0.2, 0) is 13.2 Å². The molecule has 0 aliphatic rings. The number of benzene rings is 3. The van der Waals surface area contributed by atoms with Gasteiger partial charge in [0.2, 0.25) is 5.16 Å². The molecule has 0 aliphatic heterocycles. The predicted octanol–water partition coefficient (Wildman–Crippen LogP) is 4.94. The van der Waals surface area contributed by atoms with E-state index in [0.717, 1.165) is 58.7 Å². The molecule has 0 saturated heterocycles. The smallest absolute Gasteiger partial charge is 0.214 e. The van der Waals surface area contributed by atoms with Crippen LogP contribution in [0.25, 0.3) is 5.69 Å². The van der Waals surface area contributed by atoms with Gasteiger partial charge in [0, 0.05) is 12.3 Å². The zero-order chi connectivity index (χ0) is 22.7. The standard InChI is InChI=1S/C25H27N5O2S.ClH/c1-31-24-17-21(13-14-23(24)32-19-20-9-4-2-5-10-20)18-26-15-8-16-33-25-27-28-29-30(25)22-11-6-3-7-12-22;/h2-7,9-14,17,26H,8,15-16,18-19H2,1H3;1H. The summed E-state index contributed by atoms with van der Waals surface area (Å²) in [6.07, 6.45) is 1.00. The van der Waals surface area contributed by atoms with Crippen LogP contribution in [0.1, 0.15) is 17.5 Å². The lowest BCUT2D eigenvalue weighted by atomic mass is 10.2. The molecule has 0 saturated carbocycles. The summed E-state index contributed by atoms with van der Waals surface area (Å²) in [5, 5.41) is 16.3. The van der Waals surface area contributed by atoms with E-state index in [1.807, 2.05) is 72.8 Å². The van der Waals surface area contributed by atoms with Gasteiger partial charge in [-0.25, -0.2) is 0 Å². The van der Waals surface area contributed by atoms with Gasteiger partial charge in [0.25, 0.3) is 0 Å². The van der Waals surface area contributed by atoms with Crippen LogP contribution in [0.5, 0.6) is 11.5 Å². The maximum Gasteiger partial charge on any atom is 0.214 e. The average Bonchev–Trinajstić information content (AvgIpc) is 3.35. The van der Waals surface area contributed by atoms with Crippen molar-refractivity contribution >= 4 is 24.2 Å². The average molecular weight is 498 g/mol. The van der Waals surface area contributed by atoms with Gasteiger partial charge >= 0.3 is 0 Å². The molecule has 178 valence electrons. The third-order valence-electron chi connectivity index (χ3n) is 4.97. The molecule has 1 N–H and O–H groups in total. The number of hydrogen-bond donors (Lipinski definition) is 1. The number of nitrogens with one attached hydrogen (secondary N) is 1. The van der Waals surface area contributed by atoms with E-state index in [9.17, 15) is 0 Å². The number of ether oxygens (including phenoxy) is 2. The summed E-state index contributed by atoms with van der Waals surface area (Å²) < 4.78 is 13.2. The first-order valence-corrected chi connectivity index (χ1v) is 11.8. The third kappa shape index (κ3) is 7.21. The van der Waals surface area contributed by atoms with Crippen LogP contribution < -0.4 is 14.8 Å². The Kier molecular flexibility index (Phi) is 10.2. The summed E-state index contributed by atoms with van der Waals surface area (Å²) in [7, 11) is 1.67. The summed E-state index contributed by atoms with van der Waals surface area (Å²) >= 11 is 1.66. The fourth-order valence-electron chi connectivity index (χ4n) is 3.27. The highest BCUT2D eigenvalue weighted by molar-refractivity contribution is 7.99. The summed E-state index contributed by atoms with van der Waals surface area (Å²) in [6, 6.07) is 26.1. The summed E-state index contributed by atoms with van der Waals surface area (Å²) in [5.74, 6) is 2.42. The van der Waals surface area contributed by atoms with Gasteiger partial charge in [0.1, 0.15) is 6.61 Å². The maximum atomic E-state index is 5.94. The number of methoxy groups -OCH3 is 1. The molecule has 0 aliphatic carbocycles. The van der Waals surface area contributed by atoms with E-state index in [0.29, 0.717) is 6.61 Å². The number of thioether (sulfide) groups is 1. The van der Waals surface area contributed by atoms with Crippen molar-refractivity contribution in [2.45, 2.75) is 24.7 Å². The Bertz CT molecular complexity index is 1130. The molecular weight excluding hydrogens is 470 g/mol. The molecule has 4 rings (SSSR count). The predicted molar refractivity (Wildman–Crippen MR) is 137 cm³/mol. The Balaban J connectivity index is 0.00000324. The number of rotatable bonds is 12. The SMILES string of the molecule is COc1cc(CNCCCSc2nnnn2-c2ccccc2)ccc1OCc1ccccc1.Cl. The lowest BCUT2D eigenvalue weighted by Crippen LogP contribution is -2.15. The molecule has 4 aromatic rings. The Labute approximate surface area is 210 Å². The second kappa shape index (κ2) is 13.6. The molecule has 0 spiro atoms. The van der Waals surface area contributed by atoms with E-state index < -0.39 is 0 Å². The van der Waals surface area contributed by atoms with E-state index in [1.165, 1.54) is 0 Å². The summed E-state index contributed by atoms with van der Waals surface area (Å²) in [4.78, 5) is 0. The Morgan fingerprint density at radius 1 is 0.912 bits per heavy atom. The van der Waals surface area contributed by atoms with Gasteiger partial charge in [-0.15, -0.1) is 17.5 Å². The summed E-state index contributed by atoms with van der Waals surface area (Å²) in [5.41, 5.74) is 3.24. The third-order valence-corrected chi connectivity index (χ3v) is 5.97. The summed E-state index contributed by atoms with van der Waals surface area (Å²) in [6.45, 7) is 2.18. The number of nitrogens with zero attached hydrogens (tertiary/aromatic N) is 4. The van der Waals surface area contributed by atoms with E-state index >= 15 is 0 Å². The highest BCUT2D eigenvalue weighted by atomic mass is 35.5. The van der Waals surface area contributed by atoms with E-state index in [2.05, 4.69) is 26.9 Å². The van der Waals surface area contributed by atoms with Crippen molar-refractivity contribution in [1.29, 1.82) is 0 Å². The molecule has 0 bridgehead atoms. The number of aromatic nitrogens is 4. The fraction of sp³-hybridized carbons (Fsp3) is 0.240. The van der Waals surface area contributed by atoms with Gasteiger partial charge in [-0.1, -0.05) is 66.4 Å². The molecule has 3 aromatic carbocycles. The van der Waals surface area contributed by atoms with Crippen LogP contribution in [0.2, 0.25) is 0 Å². The second-order valence-electron chi connectivity index (χ2n) is 7.35. The Morgan fingerprint density at radius 3 is 2.44 bits per heavy atom. The number of para-hydroxylation sites is 1. The van der Waals surface area contributed by atoms with Crippen LogP contribution in [-0.4, -0.2) is 39.6 Å². The van der Waals surface area contributed by atoms with Crippen LogP contribution in [0.4, 0.5) is 0 Å². The number of hydrogen-bond acceptors (Lipinski definition) is 7. The van der Waals surface area contributed by atoms with Gasteiger partial charge in [0.05, 0.1) is 12.8 Å². The molecule has 0 radical (unpaired) electrons. The maximum absolute atomic E-state index is 5.94. The first-order chi connectivity index (χ1) is 16.3. The minimum Gasteiger partial charge on any atom is -0.493 e. The van der Waals surface area contributed by atoms with Crippen molar-refractivity contribution in [2.24, 2.45) is 0 Å². The number of tetrazole rings is 1. The Morgan fingerprint density at radius 2 is 1.68 bits per heavy atom. The normalized spacial score (nSPS) is 10.5. The highest BCUT2D eigenvalue weighted by Gasteiger charge is 2.09. The van der Waals surface area contributed by atoms with Crippen molar-refractivity contribution in [3.05, 3.63) is 90.0 Å². The first kappa shape index (κ1) is 25.6. The highest BCUT2D eigenvalue weighted by Crippen LogP contribution is 2.29. The lowest BCUT2D eigenvalue weighted by Gasteiger charge is -2.13. The minimum absolute atomic E-state index is 0. The molecule has 0 atom stereocenters. The van der Waals surface area contributed by atoms with Crippen molar-refractivity contribution in [3.63, 3.8) is 0 Å². The van der Waals surface area contributed by atoms with E-state index in [-0.39, 0.29) is 12.4 Å². The van der Waals surface area contributed by atoms with Gasteiger partial charge in [0.15, 0.2) is 11.5 Å². The van der Waals surface area contributed by atoms with Crippen molar-refractivity contribution in [2.75, 3.05) is 19.4 Å². The Hall–Kier alpha value is -3.07. The van der Waals surface area contributed by atoms with E-state index in [1.54, 1.807) is 23.6 Å². The van der Waals surface area contributed by atoms with Gasteiger partial charge in [-0.2, -0.15) is 4.68 Å². The molecule has 0 unspecified atom stereocenters. The number of halogens is 1. The topological polar surface area (TPSA) is 74.1 Å². The first-order valence-electron chi connectivity index (χ1n) is 10.8. The van der Waals surface area contributed by atoms with Crippen LogP contribution in [0.15, 0.2) is 84.0 Å². The lowest BCUT2D eigenvalue weighted by molar-refractivity contribution is 0.284. The quantitative estimate of drug-likeness (QED) is 0.219. The molecular formula is C25H28ClN5O2S. The molecule has 7 nitrogen and oxygen atoms in total. The van der Waals surface area contributed by atoms with Gasteiger partial charge < -0.3 is 14.8 Å². The van der Waals surface area contributed by atoms with Crippen LogP contribution in [0, 0.1) is 0 Å². The molecule has 1 aromatic heterocycles. The van der Waals surface area contributed by atoms with Crippen molar-refractivity contribution in [1.82, 2.24) is 25.5 Å². The zero-order valence-corrected chi connectivity index (χ0v) is 20.6. The van der Waals surface area contributed by atoms with Crippen LogP contribution >= 0.6 is 24.2 Å². The molecule has 0 fully saturated rings. The van der Waals surface area contributed by atoms with Crippen LogP contribution in [0.3, 0.4) is 0 Å². The molecule has 0 amide bonds.